The summed E-state index contributed by atoms with van der Waals surface area (Å²) in [6, 6.07) is 16.8. The number of aromatic nitrogens is 1. The van der Waals surface area contributed by atoms with Gasteiger partial charge in [0, 0.05) is 16.0 Å². The Morgan fingerprint density at radius 3 is 2.41 bits per heavy atom. The molecule has 0 aliphatic carbocycles. The lowest BCUT2D eigenvalue weighted by Crippen LogP contribution is -2.07. The van der Waals surface area contributed by atoms with Crippen molar-refractivity contribution in [3.05, 3.63) is 82.0 Å². The van der Waals surface area contributed by atoms with Crippen LogP contribution in [0, 0.1) is 0 Å². The summed E-state index contributed by atoms with van der Waals surface area (Å²) in [6.07, 6.45) is 1.46. The smallest absolute Gasteiger partial charge is 0.266 e. The van der Waals surface area contributed by atoms with E-state index in [1.807, 2.05) is 12.1 Å². The highest BCUT2D eigenvalue weighted by Crippen LogP contribution is 2.33. The van der Waals surface area contributed by atoms with E-state index >= 15 is 0 Å². The lowest BCUT2D eigenvalue weighted by Gasteiger charge is -2.06. The van der Waals surface area contributed by atoms with Crippen LogP contribution in [-0.2, 0) is 16.4 Å². The summed E-state index contributed by atoms with van der Waals surface area (Å²) in [5.74, 6) is 0.440. The van der Waals surface area contributed by atoms with Crippen LogP contribution in [-0.4, -0.2) is 13.4 Å². The van der Waals surface area contributed by atoms with E-state index in [0.29, 0.717) is 17.3 Å². The molecule has 2 heterocycles. The second-order valence-corrected chi connectivity index (χ2v) is 9.29. The number of furan rings is 1. The van der Waals surface area contributed by atoms with Gasteiger partial charge in [0.25, 0.3) is 5.89 Å². The first-order chi connectivity index (χ1) is 13.9. The first kappa shape index (κ1) is 19.8. The quantitative estimate of drug-likeness (QED) is 0.366. The average molecular weight is 494 g/mol. The Morgan fingerprint density at radius 2 is 1.76 bits per heavy atom. The van der Waals surface area contributed by atoms with Gasteiger partial charge in [-0.15, -0.1) is 0 Å². The molecule has 29 heavy (non-hydrogen) atoms. The summed E-state index contributed by atoms with van der Waals surface area (Å²) in [5.41, 5.74) is 0.900. The Morgan fingerprint density at radius 1 is 1.03 bits per heavy atom. The molecule has 2 aromatic carbocycles. The molecule has 0 atom stereocenters. The van der Waals surface area contributed by atoms with Crippen molar-refractivity contribution in [1.82, 2.24) is 4.98 Å². The van der Waals surface area contributed by atoms with Crippen molar-refractivity contribution < 1.29 is 17.3 Å². The first-order valence-electron chi connectivity index (χ1n) is 8.47. The van der Waals surface area contributed by atoms with Gasteiger partial charge in [0.1, 0.15) is 0 Å². The highest BCUT2D eigenvalue weighted by molar-refractivity contribution is 9.10. The van der Waals surface area contributed by atoms with Crippen LogP contribution in [0.25, 0.3) is 11.7 Å². The van der Waals surface area contributed by atoms with Gasteiger partial charge in [-0.2, -0.15) is 4.98 Å². The fourth-order valence-electron chi connectivity index (χ4n) is 2.62. The van der Waals surface area contributed by atoms with Crippen molar-refractivity contribution in [1.29, 1.82) is 0 Å². The largest absolute Gasteiger partial charge is 0.459 e. The predicted molar refractivity (Wildman–Crippen MR) is 113 cm³/mol. The fraction of sp³-hybridized carbons (Fsp3) is 0.0500. The van der Waals surface area contributed by atoms with Crippen LogP contribution >= 0.6 is 27.5 Å². The minimum atomic E-state index is -3.92. The number of anilines is 1. The maximum absolute atomic E-state index is 13.2. The summed E-state index contributed by atoms with van der Waals surface area (Å²) in [6.45, 7) is 0.326. The zero-order valence-electron chi connectivity index (χ0n) is 14.8. The van der Waals surface area contributed by atoms with E-state index in [-0.39, 0.29) is 21.7 Å². The van der Waals surface area contributed by atoms with Crippen LogP contribution < -0.4 is 5.32 Å². The number of nitrogens with one attached hydrogen (secondary N) is 1. The van der Waals surface area contributed by atoms with Gasteiger partial charge >= 0.3 is 0 Å². The molecule has 0 fully saturated rings. The molecule has 0 radical (unpaired) electrons. The lowest BCUT2D eigenvalue weighted by atomic mass is 10.2. The summed E-state index contributed by atoms with van der Waals surface area (Å²) >= 11 is 9.22. The van der Waals surface area contributed by atoms with E-state index in [1.54, 1.807) is 36.4 Å². The third-order valence-electron chi connectivity index (χ3n) is 4.07. The SMILES string of the molecule is O=S(=O)(c1ccc(Br)cc1)c1nc(-c2ccco2)oc1NCc1ccc(Cl)cc1. The number of sulfone groups is 1. The van der Waals surface area contributed by atoms with E-state index in [4.69, 9.17) is 20.4 Å². The molecule has 0 aliphatic rings. The van der Waals surface area contributed by atoms with Crippen molar-refractivity contribution in [3.63, 3.8) is 0 Å². The average Bonchev–Trinajstić information content (AvgIpc) is 3.38. The molecule has 0 bridgehead atoms. The molecule has 4 rings (SSSR count). The summed E-state index contributed by atoms with van der Waals surface area (Å²) in [7, 11) is -3.92. The molecule has 0 unspecified atom stereocenters. The molecule has 1 N–H and O–H groups in total. The zero-order valence-corrected chi connectivity index (χ0v) is 18.0. The maximum atomic E-state index is 13.2. The zero-order chi connectivity index (χ0) is 20.4. The second kappa shape index (κ2) is 8.06. The van der Waals surface area contributed by atoms with Gasteiger partial charge in [0.2, 0.25) is 20.7 Å². The minimum absolute atomic E-state index is 0.0364. The van der Waals surface area contributed by atoms with Crippen molar-refractivity contribution in [2.24, 2.45) is 0 Å². The van der Waals surface area contributed by atoms with E-state index in [0.717, 1.165) is 10.0 Å². The molecule has 148 valence electrons. The monoisotopic (exact) mass is 492 g/mol. The number of oxazole rings is 1. The van der Waals surface area contributed by atoms with E-state index in [2.05, 4.69) is 26.2 Å². The Bertz CT molecular complexity index is 1220. The Hall–Kier alpha value is -2.55. The van der Waals surface area contributed by atoms with Crippen molar-refractivity contribution in [2.45, 2.75) is 16.5 Å². The normalized spacial score (nSPS) is 11.5. The van der Waals surface area contributed by atoms with Crippen LogP contribution in [0.5, 0.6) is 0 Å². The lowest BCUT2D eigenvalue weighted by molar-refractivity contribution is 0.522. The van der Waals surface area contributed by atoms with Gasteiger partial charge < -0.3 is 14.2 Å². The van der Waals surface area contributed by atoms with Gasteiger partial charge in [-0.25, -0.2) is 8.42 Å². The van der Waals surface area contributed by atoms with Crippen LogP contribution in [0.1, 0.15) is 5.56 Å². The Kier molecular flexibility index (Phi) is 5.49. The highest BCUT2D eigenvalue weighted by Gasteiger charge is 2.29. The molecular weight excluding hydrogens is 480 g/mol. The number of hydrogen-bond acceptors (Lipinski definition) is 6. The molecule has 0 amide bonds. The number of nitrogens with zero attached hydrogens (tertiary/aromatic N) is 1. The first-order valence-corrected chi connectivity index (χ1v) is 11.1. The number of benzene rings is 2. The van der Waals surface area contributed by atoms with Gasteiger partial charge in [0.05, 0.1) is 11.2 Å². The van der Waals surface area contributed by atoms with Crippen LogP contribution in [0.15, 0.2) is 90.2 Å². The molecule has 0 aliphatic heterocycles. The van der Waals surface area contributed by atoms with Gasteiger partial charge in [-0.1, -0.05) is 39.7 Å². The van der Waals surface area contributed by atoms with Gasteiger partial charge in [-0.05, 0) is 54.1 Å². The predicted octanol–water partition coefficient (Wildman–Crippen LogP) is 5.80. The minimum Gasteiger partial charge on any atom is -0.459 e. The number of halogens is 2. The van der Waals surface area contributed by atoms with Crippen LogP contribution in [0.3, 0.4) is 0 Å². The third kappa shape index (κ3) is 4.24. The van der Waals surface area contributed by atoms with Crippen molar-refractivity contribution in [2.75, 3.05) is 5.32 Å². The van der Waals surface area contributed by atoms with Gasteiger partial charge in [0.15, 0.2) is 5.76 Å². The number of rotatable bonds is 6. The molecule has 0 saturated heterocycles. The second-order valence-electron chi connectivity index (χ2n) is 6.07. The van der Waals surface area contributed by atoms with Crippen molar-refractivity contribution >= 4 is 43.3 Å². The van der Waals surface area contributed by atoms with E-state index < -0.39 is 9.84 Å². The highest BCUT2D eigenvalue weighted by atomic mass is 79.9. The summed E-state index contributed by atoms with van der Waals surface area (Å²) < 4.78 is 38.1. The molecule has 6 nitrogen and oxygen atoms in total. The summed E-state index contributed by atoms with van der Waals surface area (Å²) in [4.78, 5) is 4.31. The molecule has 4 aromatic rings. The van der Waals surface area contributed by atoms with Crippen LogP contribution in [0.4, 0.5) is 5.88 Å². The molecule has 2 aromatic heterocycles. The standard InChI is InChI=1S/C20H14BrClN2O4S/c21-14-5-9-16(10-6-14)29(25,26)20-19(23-12-13-3-7-15(22)8-4-13)28-18(24-20)17-2-1-11-27-17/h1-11,23H,12H2. The molecular formula is C20H14BrClN2O4S. The maximum Gasteiger partial charge on any atom is 0.266 e. The van der Waals surface area contributed by atoms with Crippen LogP contribution in [0.2, 0.25) is 5.02 Å². The molecule has 9 heteroatoms. The third-order valence-corrected chi connectivity index (χ3v) is 6.53. The number of hydrogen-bond donors (Lipinski definition) is 1. The fourth-order valence-corrected chi connectivity index (χ4v) is 4.28. The molecule has 0 spiro atoms. The Labute approximate surface area is 180 Å². The molecule has 0 saturated carbocycles. The Balaban J connectivity index is 1.73. The summed E-state index contributed by atoms with van der Waals surface area (Å²) in [5, 5.41) is 3.43. The topological polar surface area (TPSA) is 85.3 Å². The van der Waals surface area contributed by atoms with Crippen molar-refractivity contribution in [3.8, 4) is 11.7 Å². The van der Waals surface area contributed by atoms with Gasteiger partial charge in [-0.3, -0.25) is 0 Å². The van der Waals surface area contributed by atoms with E-state index in [9.17, 15) is 8.42 Å². The van der Waals surface area contributed by atoms with E-state index in [1.165, 1.54) is 18.4 Å².